The van der Waals surface area contributed by atoms with Crippen LogP contribution in [-0.4, -0.2) is 53.9 Å². The number of amides is 3. The number of carbonyl (C=O) groups excluding carboxylic acids is 4. The molecule has 32 heavy (non-hydrogen) atoms. The van der Waals surface area contributed by atoms with Crippen LogP contribution in [0.3, 0.4) is 0 Å². The fourth-order valence-electron chi connectivity index (χ4n) is 3.10. The molecule has 3 amide bonds. The first-order valence-electron chi connectivity index (χ1n) is 11.0. The molecule has 3 N–H and O–H groups in total. The van der Waals surface area contributed by atoms with E-state index in [0.29, 0.717) is 32.2 Å². The minimum absolute atomic E-state index is 0.199. The van der Waals surface area contributed by atoms with Crippen LogP contribution in [0.2, 0.25) is 0 Å². The van der Waals surface area contributed by atoms with Crippen LogP contribution in [0.15, 0.2) is 5.38 Å². The number of ether oxygens (including phenoxy) is 1. The van der Waals surface area contributed by atoms with E-state index in [0.717, 1.165) is 10.7 Å². The van der Waals surface area contributed by atoms with Crippen molar-refractivity contribution in [1.82, 2.24) is 20.9 Å². The number of aryl methyl sites for hydroxylation is 1. The average molecular weight is 467 g/mol. The van der Waals surface area contributed by atoms with Crippen molar-refractivity contribution in [1.29, 1.82) is 0 Å². The number of aromatic nitrogens is 1. The summed E-state index contributed by atoms with van der Waals surface area (Å²) in [5.74, 6) is -2.19. The highest BCUT2D eigenvalue weighted by molar-refractivity contribution is 7.09. The molecule has 0 saturated heterocycles. The van der Waals surface area contributed by atoms with Crippen LogP contribution in [0.25, 0.3) is 0 Å². The monoisotopic (exact) mass is 466 g/mol. The van der Waals surface area contributed by atoms with Gasteiger partial charge in [0.15, 0.2) is 0 Å². The Morgan fingerprint density at radius 1 is 1.28 bits per heavy atom. The zero-order valence-electron chi connectivity index (χ0n) is 19.4. The molecule has 9 nitrogen and oxygen atoms in total. The maximum atomic E-state index is 12.9. The molecule has 0 fully saturated rings. The number of ketones is 1. The standard InChI is InChI=1S/C22H34N4O5S/c1-13(2)17(26-21(30)31-12-22(3,4)5)19(28)25-15-7-6-8-16-24-14(11-32-16)9-10-23-20(29)18(15)27/h11,13,15,17H,6-10,12H2,1-5H3,(H,23,29)(H,25,28)(H,26,30). The Balaban J connectivity index is 2.05. The van der Waals surface area contributed by atoms with Crippen molar-refractivity contribution in [3.63, 3.8) is 0 Å². The lowest BCUT2D eigenvalue weighted by molar-refractivity contribution is -0.140. The second kappa shape index (κ2) is 11.4. The van der Waals surface area contributed by atoms with Gasteiger partial charge in [0.2, 0.25) is 11.7 Å². The number of nitrogens with one attached hydrogen (secondary N) is 3. The van der Waals surface area contributed by atoms with Crippen molar-refractivity contribution in [2.24, 2.45) is 11.3 Å². The highest BCUT2D eigenvalue weighted by Gasteiger charge is 2.32. The highest BCUT2D eigenvalue weighted by Crippen LogP contribution is 2.16. The summed E-state index contributed by atoms with van der Waals surface area (Å²) >= 11 is 1.55. The Bertz CT molecular complexity index is 831. The van der Waals surface area contributed by atoms with Crippen LogP contribution in [0.4, 0.5) is 4.79 Å². The normalized spacial score (nSPS) is 18.8. The third kappa shape index (κ3) is 8.22. The average Bonchev–Trinajstić information content (AvgIpc) is 3.15. The van der Waals surface area contributed by atoms with E-state index < -0.39 is 35.8 Å². The third-order valence-electron chi connectivity index (χ3n) is 4.86. The Hall–Kier alpha value is -2.49. The molecule has 0 aliphatic carbocycles. The predicted molar refractivity (Wildman–Crippen MR) is 121 cm³/mol. The number of carbonyl (C=O) groups is 4. The first kappa shape index (κ1) is 25.8. The van der Waals surface area contributed by atoms with E-state index in [-0.39, 0.29) is 17.9 Å². The zero-order chi connectivity index (χ0) is 23.9. The molecule has 2 rings (SSSR count). The number of rotatable bonds is 5. The van der Waals surface area contributed by atoms with Crippen LogP contribution in [0, 0.1) is 11.3 Å². The minimum atomic E-state index is -0.977. The number of alkyl carbamates (subject to hydrolysis) is 1. The first-order chi connectivity index (χ1) is 15.0. The van der Waals surface area contributed by atoms with E-state index in [2.05, 4.69) is 20.9 Å². The molecular weight excluding hydrogens is 432 g/mol. The Kier molecular flexibility index (Phi) is 9.18. The van der Waals surface area contributed by atoms with Gasteiger partial charge in [-0.2, -0.15) is 0 Å². The molecule has 2 heterocycles. The summed E-state index contributed by atoms with van der Waals surface area (Å²) in [6.45, 7) is 9.85. The lowest BCUT2D eigenvalue weighted by Gasteiger charge is -2.25. The summed E-state index contributed by atoms with van der Waals surface area (Å²) in [6.07, 6.45) is 1.40. The van der Waals surface area contributed by atoms with E-state index >= 15 is 0 Å². The fourth-order valence-corrected chi connectivity index (χ4v) is 3.98. The topological polar surface area (TPSA) is 126 Å². The number of hydrogen-bond donors (Lipinski definition) is 3. The van der Waals surface area contributed by atoms with Crippen molar-refractivity contribution >= 4 is 35.0 Å². The smallest absolute Gasteiger partial charge is 0.407 e. The van der Waals surface area contributed by atoms with Crippen molar-refractivity contribution in [3.05, 3.63) is 16.1 Å². The molecular formula is C22H34N4O5S. The Labute approximate surface area is 193 Å². The largest absolute Gasteiger partial charge is 0.449 e. The van der Waals surface area contributed by atoms with Gasteiger partial charge in [0, 0.05) is 18.3 Å². The van der Waals surface area contributed by atoms with Gasteiger partial charge in [-0.3, -0.25) is 14.4 Å². The molecule has 1 aliphatic rings. The molecule has 0 spiro atoms. The van der Waals surface area contributed by atoms with Crippen LogP contribution in [0.5, 0.6) is 0 Å². The van der Waals surface area contributed by atoms with Gasteiger partial charge in [0.25, 0.3) is 5.91 Å². The van der Waals surface area contributed by atoms with Crippen LogP contribution < -0.4 is 16.0 Å². The van der Waals surface area contributed by atoms with Crippen molar-refractivity contribution in [2.45, 2.75) is 72.4 Å². The molecule has 1 aliphatic heterocycles. The molecule has 1 aromatic rings. The number of Topliss-reactive ketones (excluding diaryl/α,β-unsaturated/α-hetero) is 1. The van der Waals surface area contributed by atoms with Crippen molar-refractivity contribution in [3.8, 4) is 0 Å². The lowest BCUT2D eigenvalue weighted by atomic mass is 9.99. The maximum Gasteiger partial charge on any atom is 0.407 e. The SMILES string of the molecule is CC(C)C(NC(=O)OCC(C)(C)C)C(=O)NC1CCCc2nc(cs2)CCNC(=O)C1=O. The fraction of sp³-hybridized carbons (Fsp3) is 0.682. The summed E-state index contributed by atoms with van der Waals surface area (Å²) in [7, 11) is 0. The summed E-state index contributed by atoms with van der Waals surface area (Å²) < 4.78 is 5.20. The third-order valence-corrected chi connectivity index (χ3v) is 5.82. The quantitative estimate of drug-likeness (QED) is 0.570. The number of fused-ring (bicyclic) bond motifs is 2. The first-order valence-corrected chi connectivity index (χ1v) is 11.8. The second-order valence-electron chi connectivity index (χ2n) is 9.56. The van der Waals surface area contributed by atoms with E-state index in [4.69, 9.17) is 4.74 Å². The van der Waals surface area contributed by atoms with Gasteiger partial charge in [0.05, 0.1) is 23.4 Å². The van der Waals surface area contributed by atoms with Crippen LogP contribution in [-0.2, 0) is 32.0 Å². The van der Waals surface area contributed by atoms with Gasteiger partial charge in [-0.05, 0) is 30.6 Å². The van der Waals surface area contributed by atoms with Gasteiger partial charge in [-0.1, -0.05) is 34.6 Å². The molecule has 178 valence electrons. The summed E-state index contributed by atoms with van der Waals surface area (Å²) in [4.78, 5) is 54.7. The summed E-state index contributed by atoms with van der Waals surface area (Å²) in [5, 5.41) is 10.8. The molecule has 0 radical (unpaired) electrons. The van der Waals surface area contributed by atoms with Gasteiger partial charge in [-0.15, -0.1) is 11.3 Å². The van der Waals surface area contributed by atoms with Gasteiger partial charge in [-0.25, -0.2) is 9.78 Å². The number of hydrogen-bond acceptors (Lipinski definition) is 7. The number of thiazole rings is 1. The highest BCUT2D eigenvalue weighted by atomic mass is 32.1. The molecule has 0 saturated carbocycles. The van der Waals surface area contributed by atoms with Crippen LogP contribution in [0.1, 0.15) is 58.2 Å². The number of nitrogens with zero attached hydrogens (tertiary/aromatic N) is 1. The predicted octanol–water partition coefficient (Wildman–Crippen LogP) is 1.99. The molecule has 10 heteroatoms. The minimum Gasteiger partial charge on any atom is -0.449 e. The van der Waals surface area contributed by atoms with E-state index in [9.17, 15) is 19.2 Å². The molecule has 2 bridgehead atoms. The molecule has 2 unspecified atom stereocenters. The molecule has 2 atom stereocenters. The molecule has 0 aromatic carbocycles. The van der Waals surface area contributed by atoms with E-state index in [1.165, 1.54) is 0 Å². The maximum absolute atomic E-state index is 12.9. The van der Waals surface area contributed by atoms with Gasteiger partial charge < -0.3 is 20.7 Å². The van der Waals surface area contributed by atoms with Gasteiger partial charge >= 0.3 is 6.09 Å². The van der Waals surface area contributed by atoms with E-state index in [1.807, 2.05) is 26.2 Å². The molecule has 1 aromatic heterocycles. The Morgan fingerprint density at radius 2 is 2.00 bits per heavy atom. The van der Waals surface area contributed by atoms with Crippen molar-refractivity contribution in [2.75, 3.05) is 13.2 Å². The van der Waals surface area contributed by atoms with Crippen LogP contribution >= 0.6 is 11.3 Å². The lowest BCUT2D eigenvalue weighted by Crippen LogP contribution is -2.55. The van der Waals surface area contributed by atoms with E-state index in [1.54, 1.807) is 25.2 Å². The Morgan fingerprint density at radius 3 is 2.66 bits per heavy atom. The van der Waals surface area contributed by atoms with Crippen molar-refractivity contribution < 1.29 is 23.9 Å². The summed E-state index contributed by atoms with van der Waals surface area (Å²) in [6, 6.07) is -1.88. The van der Waals surface area contributed by atoms with Gasteiger partial charge in [0.1, 0.15) is 6.04 Å². The second-order valence-corrected chi connectivity index (χ2v) is 10.5. The zero-order valence-corrected chi connectivity index (χ0v) is 20.3. The summed E-state index contributed by atoms with van der Waals surface area (Å²) in [5.41, 5.74) is 0.686.